The lowest BCUT2D eigenvalue weighted by molar-refractivity contribution is 0.0242. The van der Waals surface area contributed by atoms with Crippen LogP contribution in [0.1, 0.15) is 49.3 Å². The van der Waals surface area contributed by atoms with E-state index < -0.39 is 11.7 Å². The van der Waals surface area contributed by atoms with Gasteiger partial charge < -0.3 is 19.6 Å². The summed E-state index contributed by atoms with van der Waals surface area (Å²) in [6, 6.07) is 10.1. The third-order valence-corrected chi connectivity index (χ3v) is 6.98. The molecule has 5 rings (SSSR count). The van der Waals surface area contributed by atoms with Crippen LogP contribution in [0.4, 0.5) is 10.5 Å². The van der Waals surface area contributed by atoms with Crippen molar-refractivity contribution in [1.29, 1.82) is 0 Å². The van der Waals surface area contributed by atoms with E-state index in [1.807, 2.05) is 39.0 Å². The largest absolute Gasteiger partial charge is 0.444 e. The number of carbonyl (C=O) groups excluding carboxylic acids is 1. The summed E-state index contributed by atoms with van der Waals surface area (Å²) < 4.78 is 5.50. The van der Waals surface area contributed by atoms with Crippen LogP contribution in [0, 0.1) is 11.8 Å². The standard InChI is InChI=1S/C26H34N4O3/c1-26(2,3)33-25(32)30-13-18-9-23(27-10-19(18)14-30)24(31)17-6-5-7-22(8-17)29-15-20-11-28(4)12-21(20)16-29/h5-10,20-21,24,31H,11-16H2,1-4H3. The van der Waals surface area contributed by atoms with Gasteiger partial charge in [-0.05, 0) is 74.5 Å². The highest BCUT2D eigenvalue weighted by Gasteiger charge is 2.38. The molecule has 0 saturated carbocycles. The molecular weight excluding hydrogens is 416 g/mol. The number of pyridine rings is 1. The zero-order valence-corrected chi connectivity index (χ0v) is 20.0. The maximum atomic E-state index is 12.4. The minimum absolute atomic E-state index is 0.324. The maximum Gasteiger partial charge on any atom is 0.410 e. The van der Waals surface area contributed by atoms with Crippen molar-refractivity contribution in [3.63, 3.8) is 0 Å². The fourth-order valence-electron chi connectivity index (χ4n) is 5.41. The van der Waals surface area contributed by atoms with Gasteiger partial charge in [0.2, 0.25) is 0 Å². The van der Waals surface area contributed by atoms with E-state index in [0.717, 1.165) is 41.6 Å². The molecule has 0 bridgehead atoms. The van der Waals surface area contributed by atoms with Crippen LogP contribution in [0.5, 0.6) is 0 Å². The summed E-state index contributed by atoms with van der Waals surface area (Å²) >= 11 is 0. The normalized spacial score (nSPS) is 23.5. The Balaban J connectivity index is 1.29. The fraction of sp³-hybridized carbons (Fsp3) is 0.538. The van der Waals surface area contributed by atoms with Gasteiger partial charge in [0, 0.05) is 44.6 Å². The Morgan fingerprint density at radius 2 is 1.79 bits per heavy atom. The van der Waals surface area contributed by atoms with Gasteiger partial charge in [-0.25, -0.2) is 4.79 Å². The number of amides is 1. The molecule has 7 nitrogen and oxygen atoms in total. The summed E-state index contributed by atoms with van der Waals surface area (Å²) in [6.45, 7) is 11.0. The van der Waals surface area contributed by atoms with Crippen LogP contribution in [-0.4, -0.2) is 64.8 Å². The number of hydrogen-bond acceptors (Lipinski definition) is 6. The first-order valence-electron chi connectivity index (χ1n) is 11.8. The highest BCUT2D eigenvalue weighted by atomic mass is 16.6. The lowest BCUT2D eigenvalue weighted by Crippen LogP contribution is -2.33. The first kappa shape index (κ1) is 22.2. The Hall–Kier alpha value is -2.64. The van der Waals surface area contributed by atoms with Crippen molar-refractivity contribution in [2.24, 2.45) is 11.8 Å². The van der Waals surface area contributed by atoms with Crippen molar-refractivity contribution in [3.8, 4) is 0 Å². The number of anilines is 1. The number of fused-ring (bicyclic) bond motifs is 2. The quantitative estimate of drug-likeness (QED) is 0.773. The number of ether oxygens (including phenoxy) is 1. The smallest absolute Gasteiger partial charge is 0.410 e. The molecule has 3 atom stereocenters. The molecule has 2 fully saturated rings. The van der Waals surface area contributed by atoms with E-state index in [4.69, 9.17) is 4.74 Å². The Morgan fingerprint density at radius 3 is 2.48 bits per heavy atom. The number of hydrogen-bond donors (Lipinski definition) is 1. The molecule has 176 valence electrons. The maximum absolute atomic E-state index is 12.4. The van der Waals surface area contributed by atoms with E-state index in [2.05, 4.69) is 34.0 Å². The Morgan fingerprint density at radius 1 is 1.09 bits per heavy atom. The minimum Gasteiger partial charge on any atom is -0.444 e. The topological polar surface area (TPSA) is 69.1 Å². The Labute approximate surface area is 196 Å². The molecule has 0 spiro atoms. The molecule has 3 aliphatic rings. The van der Waals surface area contributed by atoms with Crippen molar-refractivity contribution in [1.82, 2.24) is 14.8 Å². The molecule has 7 heteroatoms. The van der Waals surface area contributed by atoms with E-state index in [1.165, 1.54) is 18.8 Å². The SMILES string of the molecule is CN1CC2CN(c3cccc(C(O)c4cc5c(cn4)CN(C(=O)OC(C)(C)C)C5)c3)CC2C1. The summed E-state index contributed by atoms with van der Waals surface area (Å²) in [5.41, 5.74) is 4.10. The number of likely N-dealkylation sites (tertiary alicyclic amines) is 1. The predicted molar refractivity (Wildman–Crippen MR) is 127 cm³/mol. The van der Waals surface area contributed by atoms with Gasteiger partial charge in [0.1, 0.15) is 11.7 Å². The summed E-state index contributed by atoms with van der Waals surface area (Å²) in [5, 5.41) is 11.1. The van der Waals surface area contributed by atoms with Gasteiger partial charge in [0.15, 0.2) is 0 Å². The zero-order chi connectivity index (χ0) is 23.3. The monoisotopic (exact) mass is 450 g/mol. The second-order valence-corrected chi connectivity index (χ2v) is 10.9. The van der Waals surface area contributed by atoms with Crippen LogP contribution in [0.2, 0.25) is 0 Å². The van der Waals surface area contributed by atoms with Crippen molar-refractivity contribution < 1.29 is 14.6 Å². The van der Waals surface area contributed by atoms with E-state index in [0.29, 0.717) is 18.8 Å². The van der Waals surface area contributed by atoms with Crippen LogP contribution >= 0.6 is 0 Å². The van der Waals surface area contributed by atoms with Crippen molar-refractivity contribution >= 4 is 11.8 Å². The average molecular weight is 451 g/mol. The Bertz CT molecular complexity index is 1040. The molecule has 4 heterocycles. The first-order valence-corrected chi connectivity index (χ1v) is 11.8. The number of nitrogens with zero attached hydrogens (tertiary/aromatic N) is 4. The molecule has 1 aromatic carbocycles. The number of rotatable bonds is 3. The molecule has 0 radical (unpaired) electrons. The van der Waals surface area contributed by atoms with Gasteiger partial charge in [-0.15, -0.1) is 0 Å². The van der Waals surface area contributed by atoms with E-state index in [9.17, 15) is 9.90 Å². The minimum atomic E-state index is -0.806. The zero-order valence-electron chi connectivity index (χ0n) is 20.0. The molecule has 1 aromatic heterocycles. The van der Waals surface area contributed by atoms with E-state index in [1.54, 1.807) is 11.1 Å². The fourth-order valence-corrected chi connectivity index (χ4v) is 5.41. The molecular formula is C26H34N4O3. The summed E-state index contributed by atoms with van der Waals surface area (Å²) in [7, 11) is 2.20. The van der Waals surface area contributed by atoms with Gasteiger partial charge in [0.25, 0.3) is 0 Å². The summed E-state index contributed by atoms with van der Waals surface area (Å²) in [5.74, 6) is 1.46. The number of aromatic nitrogens is 1. The second kappa shape index (κ2) is 8.29. The lowest BCUT2D eigenvalue weighted by Gasteiger charge is -2.24. The number of aliphatic hydroxyl groups is 1. The van der Waals surface area contributed by atoms with Gasteiger partial charge >= 0.3 is 6.09 Å². The number of aliphatic hydroxyl groups excluding tert-OH is 1. The molecule has 3 aliphatic heterocycles. The van der Waals surface area contributed by atoms with E-state index in [-0.39, 0.29) is 6.09 Å². The van der Waals surface area contributed by atoms with E-state index >= 15 is 0 Å². The first-order chi connectivity index (χ1) is 15.7. The molecule has 0 aliphatic carbocycles. The summed E-state index contributed by atoms with van der Waals surface area (Å²) in [4.78, 5) is 23.5. The molecule has 2 saturated heterocycles. The Kier molecular flexibility index (Phi) is 5.57. The van der Waals surface area contributed by atoms with Crippen LogP contribution in [0.3, 0.4) is 0 Å². The van der Waals surface area contributed by atoms with Crippen molar-refractivity contribution in [2.45, 2.75) is 45.6 Å². The summed E-state index contributed by atoms with van der Waals surface area (Å²) in [6.07, 6.45) is 0.648. The number of benzene rings is 1. The molecule has 1 N–H and O–H groups in total. The van der Waals surface area contributed by atoms with Gasteiger partial charge in [-0.1, -0.05) is 12.1 Å². The van der Waals surface area contributed by atoms with Crippen LogP contribution < -0.4 is 4.90 Å². The highest BCUT2D eigenvalue weighted by Crippen LogP contribution is 2.35. The molecule has 1 amide bonds. The average Bonchev–Trinajstić information content (AvgIpc) is 3.44. The molecule has 33 heavy (non-hydrogen) atoms. The van der Waals surface area contributed by atoms with Crippen molar-refractivity contribution in [2.75, 3.05) is 38.1 Å². The number of carbonyl (C=O) groups is 1. The highest BCUT2D eigenvalue weighted by molar-refractivity contribution is 5.69. The second-order valence-electron chi connectivity index (χ2n) is 10.9. The third kappa shape index (κ3) is 4.57. The van der Waals surface area contributed by atoms with Gasteiger partial charge in [-0.3, -0.25) is 9.88 Å². The predicted octanol–water partition coefficient (Wildman–Crippen LogP) is 3.41. The van der Waals surface area contributed by atoms with Crippen molar-refractivity contribution in [3.05, 3.63) is 58.9 Å². The third-order valence-electron chi connectivity index (χ3n) is 6.98. The van der Waals surface area contributed by atoms with Crippen LogP contribution in [0.15, 0.2) is 36.5 Å². The van der Waals surface area contributed by atoms with Crippen LogP contribution in [-0.2, 0) is 17.8 Å². The van der Waals surface area contributed by atoms with Gasteiger partial charge in [-0.2, -0.15) is 0 Å². The molecule has 2 aromatic rings. The van der Waals surface area contributed by atoms with Crippen LogP contribution in [0.25, 0.3) is 0 Å². The molecule has 3 unspecified atom stereocenters. The van der Waals surface area contributed by atoms with Gasteiger partial charge in [0.05, 0.1) is 12.2 Å². The lowest BCUT2D eigenvalue weighted by atomic mass is 10.0.